The average molecular weight is 466 g/mol. The predicted octanol–water partition coefficient (Wildman–Crippen LogP) is 4.58. The Labute approximate surface area is 186 Å². The molecule has 3 rings (SSSR count). The van der Waals surface area contributed by atoms with Crippen molar-refractivity contribution in [3.05, 3.63) is 63.3 Å². The fraction of sp³-hybridized carbons (Fsp3) is 0.190. The molecule has 2 aromatic rings. The van der Waals surface area contributed by atoms with E-state index in [-0.39, 0.29) is 28.1 Å². The van der Waals surface area contributed by atoms with Gasteiger partial charge in [-0.05, 0) is 60.2 Å². The molecule has 1 heterocycles. The molecular formula is C21H17ClFNO6S. The lowest BCUT2D eigenvalue weighted by Gasteiger charge is -2.15. The molecule has 1 fully saturated rings. The summed E-state index contributed by atoms with van der Waals surface area (Å²) in [6, 6.07) is 8.96. The summed E-state index contributed by atoms with van der Waals surface area (Å²) in [5.41, 5.74) is 1.21. The molecule has 0 spiro atoms. The molecule has 0 aromatic heterocycles. The summed E-state index contributed by atoms with van der Waals surface area (Å²) in [4.78, 5) is 35.8. The third-order valence-electron chi connectivity index (χ3n) is 4.09. The van der Waals surface area contributed by atoms with Crippen LogP contribution in [0.15, 0.2) is 41.3 Å². The van der Waals surface area contributed by atoms with Crippen LogP contribution in [0.4, 0.5) is 9.18 Å². The number of hydrogen-bond donors (Lipinski definition) is 1. The molecule has 0 atom stereocenters. The van der Waals surface area contributed by atoms with Crippen molar-refractivity contribution in [1.29, 1.82) is 0 Å². The third kappa shape index (κ3) is 5.56. The average Bonchev–Trinajstić information content (AvgIpc) is 2.96. The predicted molar refractivity (Wildman–Crippen MR) is 114 cm³/mol. The molecule has 162 valence electrons. The fourth-order valence-electron chi connectivity index (χ4n) is 2.73. The van der Waals surface area contributed by atoms with Gasteiger partial charge in [-0.25, -0.2) is 4.39 Å². The normalized spacial score (nSPS) is 14.9. The number of rotatable bonds is 8. The van der Waals surface area contributed by atoms with Crippen molar-refractivity contribution in [2.75, 3.05) is 13.2 Å². The summed E-state index contributed by atoms with van der Waals surface area (Å²) >= 11 is 7.01. The molecule has 1 aliphatic rings. The van der Waals surface area contributed by atoms with Crippen LogP contribution in [0.3, 0.4) is 0 Å². The largest absolute Gasteiger partial charge is 0.490 e. The van der Waals surface area contributed by atoms with Gasteiger partial charge < -0.3 is 14.6 Å². The van der Waals surface area contributed by atoms with Gasteiger partial charge in [0.25, 0.3) is 11.1 Å². The maximum atomic E-state index is 13.1. The molecular weight excluding hydrogens is 449 g/mol. The number of carbonyl (C=O) groups excluding carboxylic acids is 2. The molecule has 7 nitrogen and oxygen atoms in total. The summed E-state index contributed by atoms with van der Waals surface area (Å²) < 4.78 is 24.4. The fourth-order valence-corrected chi connectivity index (χ4v) is 3.85. The Kier molecular flexibility index (Phi) is 7.19. The number of hydrogen-bond acceptors (Lipinski definition) is 6. The molecule has 1 saturated heterocycles. The van der Waals surface area contributed by atoms with Crippen LogP contribution in [0.2, 0.25) is 5.02 Å². The summed E-state index contributed by atoms with van der Waals surface area (Å²) in [6.07, 6.45) is 1.44. The van der Waals surface area contributed by atoms with E-state index in [1.807, 2.05) is 0 Å². The third-order valence-corrected chi connectivity index (χ3v) is 5.28. The van der Waals surface area contributed by atoms with E-state index in [1.54, 1.807) is 25.1 Å². The van der Waals surface area contributed by atoms with Crippen molar-refractivity contribution >= 4 is 46.6 Å². The van der Waals surface area contributed by atoms with Gasteiger partial charge in [0.2, 0.25) is 0 Å². The molecule has 31 heavy (non-hydrogen) atoms. The number of imide groups is 1. The first kappa shape index (κ1) is 22.6. The topological polar surface area (TPSA) is 93.1 Å². The summed E-state index contributed by atoms with van der Waals surface area (Å²) in [6.45, 7) is 1.53. The van der Waals surface area contributed by atoms with Gasteiger partial charge in [-0.1, -0.05) is 23.7 Å². The Morgan fingerprint density at radius 1 is 1.23 bits per heavy atom. The molecule has 0 radical (unpaired) electrons. The lowest BCUT2D eigenvalue weighted by Crippen LogP contribution is -2.33. The minimum absolute atomic E-state index is 0.0738. The number of carboxylic acids is 1. The number of carbonyl (C=O) groups is 3. The maximum Gasteiger partial charge on any atom is 0.323 e. The zero-order valence-electron chi connectivity index (χ0n) is 16.3. The summed E-state index contributed by atoms with van der Waals surface area (Å²) in [7, 11) is 0. The van der Waals surface area contributed by atoms with Crippen LogP contribution in [0.25, 0.3) is 6.08 Å². The van der Waals surface area contributed by atoms with Gasteiger partial charge in [-0.3, -0.25) is 19.3 Å². The van der Waals surface area contributed by atoms with Crippen LogP contribution >= 0.6 is 23.4 Å². The van der Waals surface area contributed by atoms with Crippen LogP contribution in [0.5, 0.6) is 11.5 Å². The zero-order valence-corrected chi connectivity index (χ0v) is 17.8. The highest BCUT2D eigenvalue weighted by Crippen LogP contribution is 2.39. The second kappa shape index (κ2) is 9.84. The van der Waals surface area contributed by atoms with Crippen molar-refractivity contribution in [2.45, 2.75) is 13.5 Å². The Bertz CT molecular complexity index is 1060. The number of benzene rings is 2. The van der Waals surface area contributed by atoms with Crippen molar-refractivity contribution in [3.63, 3.8) is 0 Å². The first-order valence-electron chi connectivity index (χ1n) is 9.09. The smallest absolute Gasteiger partial charge is 0.323 e. The molecule has 10 heteroatoms. The number of halogens is 2. The zero-order chi connectivity index (χ0) is 22.5. The number of aliphatic carboxylic acids is 1. The van der Waals surface area contributed by atoms with E-state index in [9.17, 15) is 18.8 Å². The van der Waals surface area contributed by atoms with Crippen molar-refractivity contribution in [3.8, 4) is 11.5 Å². The van der Waals surface area contributed by atoms with Gasteiger partial charge in [0, 0.05) is 0 Å². The number of carboxylic acid groups (broad SMARTS) is 1. The second-order valence-corrected chi connectivity index (χ2v) is 7.74. The van der Waals surface area contributed by atoms with Crippen LogP contribution in [-0.4, -0.2) is 40.3 Å². The van der Waals surface area contributed by atoms with E-state index >= 15 is 0 Å². The number of nitrogens with zero attached hydrogens (tertiary/aromatic N) is 1. The number of thioether (sulfide) groups is 1. The van der Waals surface area contributed by atoms with E-state index in [2.05, 4.69) is 0 Å². The highest BCUT2D eigenvalue weighted by molar-refractivity contribution is 8.18. The lowest BCUT2D eigenvalue weighted by molar-refractivity contribution is -0.140. The minimum Gasteiger partial charge on any atom is -0.490 e. The van der Waals surface area contributed by atoms with E-state index in [1.165, 1.54) is 24.3 Å². The molecule has 0 unspecified atom stereocenters. The van der Waals surface area contributed by atoms with Crippen molar-refractivity contribution in [2.24, 2.45) is 0 Å². The van der Waals surface area contributed by atoms with Crippen molar-refractivity contribution < 1.29 is 33.4 Å². The Morgan fingerprint density at radius 3 is 2.58 bits per heavy atom. The highest BCUT2D eigenvalue weighted by Gasteiger charge is 2.36. The Hall–Kier alpha value is -3.04. The van der Waals surface area contributed by atoms with Gasteiger partial charge >= 0.3 is 5.97 Å². The quantitative estimate of drug-likeness (QED) is 0.570. The van der Waals surface area contributed by atoms with Gasteiger partial charge in [0.05, 0.1) is 16.5 Å². The number of amides is 2. The van der Waals surface area contributed by atoms with Gasteiger partial charge in [-0.15, -0.1) is 0 Å². The van der Waals surface area contributed by atoms with Gasteiger partial charge in [-0.2, -0.15) is 0 Å². The van der Waals surface area contributed by atoms with Crippen LogP contribution < -0.4 is 9.47 Å². The Balaban J connectivity index is 1.85. The SMILES string of the molecule is CCOc1cc(/C=C2/SC(=O)N(CC(=O)O)C2=O)cc(Cl)c1OCc1ccc(F)cc1. The van der Waals surface area contributed by atoms with Crippen LogP contribution in [0, 0.1) is 5.82 Å². The van der Waals surface area contributed by atoms with Gasteiger partial charge in [0.15, 0.2) is 11.5 Å². The molecule has 2 aromatic carbocycles. The maximum absolute atomic E-state index is 13.1. The molecule has 0 aliphatic carbocycles. The Morgan fingerprint density at radius 2 is 1.94 bits per heavy atom. The molecule has 1 aliphatic heterocycles. The monoisotopic (exact) mass is 465 g/mol. The van der Waals surface area contributed by atoms with Crippen molar-refractivity contribution in [1.82, 2.24) is 4.90 Å². The summed E-state index contributed by atoms with van der Waals surface area (Å²) in [5.74, 6) is -1.72. The minimum atomic E-state index is -1.28. The first-order chi connectivity index (χ1) is 14.8. The first-order valence-corrected chi connectivity index (χ1v) is 10.3. The van der Waals surface area contributed by atoms with E-state index in [0.717, 1.165) is 5.56 Å². The molecule has 1 N–H and O–H groups in total. The van der Waals surface area contributed by atoms with Gasteiger partial charge in [0.1, 0.15) is 19.0 Å². The highest BCUT2D eigenvalue weighted by atomic mass is 35.5. The second-order valence-electron chi connectivity index (χ2n) is 6.34. The van der Waals surface area contributed by atoms with E-state index < -0.39 is 23.7 Å². The van der Waals surface area contributed by atoms with E-state index in [0.29, 0.717) is 34.6 Å². The lowest BCUT2D eigenvalue weighted by atomic mass is 10.1. The van der Waals surface area contributed by atoms with E-state index in [4.69, 9.17) is 26.2 Å². The van der Waals surface area contributed by atoms with Crippen LogP contribution in [0.1, 0.15) is 18.1 Å². The summed E-state index contributed by atoms with van der Waals surface area (Å²) in [5, 5.41) is 8.41. The number of ether oxygens (including phenoxy) is 2. The molecule has 2 amide bonds. The van der Waals surface area contributed by atoms with Crippen LogP contribution in [-0.2, 0) is 16.2 Å². The standard InChI is InChI=1S/C21H17ClFNO6S/c1-2-29-16-8-13(9-17-20(27)24(10-18(25)26)21(28)31-17)7-15(22)19(16)30-11-12-3-5-14(23)6-4-12/h3-9H,2,10-11H2,1H3,(H,25,26)/b17-9+. The molecule has 0 bridgehead atoms. The molecule has 0 saturated carbocycles.